The van der Waals surface area contributed by atoms with Gasteiger partial charge in [-0.15, -0.1) is 0 Å². The molecule has 4 bridgehead atoms. The van der Waals surface area contributed by atoms with Crippen molar-refractivity contribution in [2.45, 2.75) is 78.4 Å². The van der Waals surface area contributed by atoms with Gasteiger partial charge in [0.2, 0.25) is 5.88 Å². The summed E-state index contributed by atoms with van der Waals surface area (Å²) in [5.41, 5.74) is -0.602. The summed E-state index contributed by atoms with van der Waals surface area (Å²) < 4.78 is 13.3. The fourth-order valence-corrected chi connectivity index (χ4v) is 6.73. The highest BCUT2D eigenvalue weighted by Crippen LogP contribution is 2.55. The number of carbonyl (C=O) groups is 2. The molecule has 10 nitrogen and oxygen atoms in total. The SMILES string of the molecule is CCN(CCNC)C(=O)OCC(C)(C)/C=C/n1ncc(C(=O)N[C@H]2C3CC4CC2C[C@](O)(C4)C3)c1OCC(C)C. The van der Waals surface area contributed by atoms with Crippen molar-refractivity contribution in [2.75, 3.05) is 39.9 Å². The van der Waals surface area contributed by atoms with Gasteiger partial charge in [0.25, 0.3) is 5.91 Å². The number of nitrogens with one attached hydrogen (secondary N) is 2. The minimum absolute atomic E-state index is 0.0746. The van der Waals surface area contributed by atoms with E-state index in [1.54, 1.807) is 22.0 Å². The van der Waals surface area contributed by atoms with Crippen LogP contribution in [0.2, 0.25) is 0 Å². The van der Waals surface area contributed by atoms with Gasteiger partial charge in [-0.25, -0.2) is 9.48 Å². The Kier molecular flexibility index (Phi) is 9.50. The summed E-state index contributed by atoms with van der Waals surface area (Å²) in [5, 5.41) is 21.7. The molecule has 1 aromatic rings. The average molecular weight is 560 g/mol. The second-order valence-corrected chi connectivity index (χ2v) is 13.2. The summed E-state index contributed by atoms with van der Waals surface area (Å²) in [7, 11) is 1.85. The normalized spacial score (nSPS) is 27.4. The van der Waals surface area contributed by atoms with E-state index in [2.05, 4.69) is 29.6 Å². The summed E-state index contributed by atoms with van der Waals surface area (Å²) in [6, 6.07) is 0.0746. The molecule has 0 radical (unpaired) electrons. The van der Waals surface area contributed by atoms with Crippen molar-refractivity contribution in [2.24, 2.45) is 29.1 Å². The highest BCUT2D eigenvalue weighted by molar-refractivity contribution is 5.96. The monoisotopic (exact) mass is 559 g/mol. The number of likely N-dealkylation sites (N-methyl/N-ethyl adjacent to an activating group) is 2. The first-order valence-electron chi connectivity index (χ1n) is 14.9. The van der Waals surface area contributed by atoms with Gasteiger partial charge in [-0.1, -0.05) is 33.8 Å². The van der Waals surface area contributed by atoms with Crippen LogP contribution in [0, 0.1) is 29.1 Å². The topological polar surface area (TPSA) is 118 Å². The Morgan fingerprint density at radius 1 is 1.27 bits per heavy atom. The lowest BCUT2D eigenvalue weighted by atomic mass is 9.52. The molecule has 4 aliphatic carbocycles. The zero-order valence-corrected chi connectivity index (χ0v) is 25.1. The third-order valence-electron chi connectivity index (χ3n) is 8.59. The molecule has 224 valence electrons. The lowest BCUT2D eigenvalue weighted by Crippen LogP contribution is -2.61. The third kappa shape index (κ3) is 7.18. The summed E-state index contributed by atoms with van der Waals surface area (Å²) in [6.45, 7) is 12.5. The van der Waals surface area contributed by atoms with Crippen molar-refractivity contribution in [3.63, 3.8) is 0 Å². The first kappa shape index (κ1) is 30.4. The first-order chi connectivity index (χ1) is 18.9. The number of hydrogen-bond donors (Lipinski definition) is 3. The molecule has 2 atom stereocenters. The zero-order chi connectivity index (χ0) is 29.1. The molecular weight excluding hydrogens is 510 g/mol. The number of aliphatic hydroxyl groups is 1. The zero-order valence-electron chi connectivity index (χ0n) is 25.1. The van der Waals surface area contributed by atoms with Crippen LogP contribution in [0.25, 0.3) is 6.20 Å². The highest BCUT2D eigenvalue weighted by atomic mass is 16.6. The Labute approximate surface area is 238 Å². The first-order valence-corrected chi connectivity index (χ1v) is 14.9. The molecule has 0 spiro atoms. The number of amides is 2. The Morgan fingerprint density at radius 3 is 2.58 bits per heavy atom. The standard InChI is InChI=1S/C30H49N5O5/c1-7-34(11-9-31-6)28(37)40-19-29(4,5)8-10-35-27(39-18-20(2)3)24(17-32-35)26(36)33-25-22-12-21-13-23(25)16-30(38,14-21)15-22/h8,10,17,20-23,25,31,38H,7,9,11-16,18-19H2,1-6H3,(H,33,36)/b10-8+/t21?,22?,23?,25-,30-. The van der Waals surface area contributed by atoms with Crippen molar-refractivity contribution in [1.82, 2.24) is 25.3 Å². The van der Waals surface area contributed by atoms with E-state index in [1.807, 2.05) is 33.9 Å². The molecule has 10 heteroatoms. The summed E-state index contributed by atoms with van der Waals surface area (Å²) in [4.78, 5) is 27.7. The molecule has 0 saturated heterocycles. The fourth-order valence-electron chi connectivity index (χ4n) is 6.73. The van der Waals surface area contributed by atoms with Gasteiger partial charge in [0.15, 0.2) is 0 Å². The summed E-state index contributed by atoms with van der Waals surface area (Å²) in [6.07, 6.45) is 9.53. The minimum Gasteiger partial charge on any atom is -0.477 e. The number of ether oxygens (including phenoxy) is 2. The summed E-state index contributed by atoms with van der Waals surface area (Å²) in [5.74, 6) is 1.71. The van der Waals surface area contributed by atoms with E-state index >= 15 is 0 Å². The van der Waals surface area contributed by atoms with E-state index in [1.165, 1.54) is 0 Å². The smallest absolute Gasteiger partial charge is 0.409 e. The van der Waals surface area contributed by atoms with Crippen molar-refractivity contribution in [1.29, 1.82) is 0 Å². The van der Waals surface area contributed by atoms with Gasteiger partial charge in [0, 0.05) is 37.3 Å². The van der Waals surface area contributed by atoms with Gasteiger partial charge in [0.05, 0.1) is 18.4 Å². The average Bonchev–Trinajstić information content (AvgIpc) is 3.29. The molecule has 5 rings (SSSR count). The van der Waals surface area contributed by atoms with Gasteiger partial charge in [-0.3, -0.25) is 4.79 Å². The number of hydrogen-bond acceptors (Lipinski definition) is 7. The number of rotatable bonds is 13. The van der Waals surface area contributed by atoms with Crippen LogP contribution < -0.4 is 15.4 Å². The van der Waals surface area contributed by atoms with E-state index < -0.39 is 11.0 Å². The predicted molar refractivity (Wildman–Crippen MR) is 154 cm³/mol. The molecule has 1 aromatic heterocycles. The molecule has 1 heterocycles. The second kappa shape index (κ2) is 12.5. The van der Waals surface area contributed by atoms with Gasteiger partial charge in [0.1, 0.15) is 12.2 Å². The molecule has 4 fully saturated rings. The number of nitrogens with zero attached hydrogens (tertiary/aromatic N) is 3. The lowest BCUT2D eigenvalue weighted by molar-refractivity contribution is -0.136. The van der Waals surface area contributed by atoms with Crippen LogP contribution in [0.5, 0.6) is 5.88 Å². The summed E-state index contributed by atoms with van der Waals surface area (Å²) >= 11 is 0. The molecule has 2 amide bonds. The van der Waals surface area contributed by atoms with Crippen LogP contribution in [-0.4, -0.2) is 83.3 Å². The van der Waals surface area contributed by atoms with E-state index in [-0.39, 0.29) is 30.6 Å². The molecule has 0 aromatic carbocycles. The molecule has 2 unspecified atom stereocenters. The van der Waals surface area contributed by atoms with Gasteiger partial charge < -0.3 is 30.1 Å². The van der Waals surface area contributed by atoms with E-state index in [0.29, 0.717) is 55.4 Å². The Bertz CT molecular complexity index is 1050. The van der Waals surface area contributed by atoms with Crippen molar-refractivity contribution >= 4 is 18.2 Å². The van der Waals surface area contributed by atoms with Crippen molar-refractivity contribution in [3.8, 4) is 5.88 Å². The Balaban J connectivity index is 1.43. The van der Waals surface area contributed by atoms with Crippen LogP contribution in [0.4, 0.5) is 4.79 Å². The van der Waals surface area contributed by atoms with Crippen LogP contribution in [0.3, 0.4) is 0 Å². The second-order valence-electron chi connectivity index (χ2n) is 13.2. The molecule has 4 saturated carbocycles. The number of carbonyl (C=O) groups excluding carboxylic acids is 2. The lowest BCUT2D eigenvalue weighted by Gasteiger charge is -2.58. The fraction of sp³-hybridized carbons (Fsp3) is 0.767. The third-order valence-corrected chi connectivity index (χ3v) is 8.59. The predicted octanol–water partition coefficient (Wildman–Crippen LogP) is 3.76. The maximum atomic E-state index is 13.5. The van der Waals surface area contributed by atoms with Gasteiger partial charge in [-0.05, 0) is 69.7 Å². The highest BCUT2D eigenvalue weighted by Gasteiger charge is 2.55. The number of aromatic nitrogens is 2. The van der Waals surface area contributed by atoms with Crippen molar-refractivity contribution < 1.29 is 24.2 Å². The van der Waals surface area contributed by atoms with Gasteiger partial charge >= 0.3 is 6.09 Å². The van der Waals surface area contributed by atoms with E-state index in [0.717, 1.165) is 32.1 Å². The quantitative estimate of drug-likeness (QED) is 0.337. The van der Waals surface area contributed by atoms with Crippen molar-refractivity contribution in [3.05, 3.63) is 17.8 Å². The molecule has 3 N–H and O–H groups in total. The Morgan fingerprint density at radius 2 is 1.98 bits per heavy atom. The maximum Gasteiger partial charge on any atom is 0.409 e. The van der Waals surface area contributed by atoms with E-state index in [4.69, 9.17) is 9.47 Å². The Hall–Kier alpha value is -2.59. The van der Waals surface area contributed by atoms with Crippen LogP contribution in [0.15, 0.2) is 12.3 Å². The van der Waals surface area contributed by atoms with Gasteiger partial charge in [-0.2, -0.15) is 5.10 Å². The molecule has 4 aliphatic rings. The molecular formula is C30H49N5O5. The molecule has 0 aliphatic heterocycles. The van der Waals surface area contributed by atoms with Crippen LogP contribution in [0.1, 0.15) is 77.1 Å². The van der Waals surface area contributed by atoms with Crippen LogP contribution >= 0.6 is 0 Å². The molecule has 40 heavy (non-hydrogen) atoms. The minimum atomic E-state index is -0.540. The van der Waals surface area contributed by atoms with Crippen LogP contribution in [-0.2, 0) is 4.74 Å². The maximum absolute atomic E-state index is 13.5. The largest absolute Gasteiger partial charge is 0.477 e. The van der Waals surface area contributed by atoms with E-state index in [9.17, 15) is 14.7 Å².